The number of ether oxygens (including phenoxy) is 1. The zero-order chi connectivity index (χ0) is 20.2. The fourth-order valence-corrected chi connectivity index (χ4v) is 3.46. The van der Waals surface area contributed by atoms with Crippen molar-refractivity contribution in [2.45, 2.75) is 33.2 Å². The predicted molar refractivity (Wildman–Crippen MR) is 109 cm³/mol. The van der Waals surface area contributed by atoms with Crippen LogP contribution in [-0.2, 0) is 22.5 Å². The number of hydrogen-bond acceptors (Lipinski definition) is 7. The van der Waals surface area contributed by atoms with Crippen LogP contribution in [0.15, 0.2) is 28.8 Å². The topological polar surface area (TPSA) is 93.4 Å². The van der Waals surface area contributed by atoms with Gasteiger partial charge in [0, 0.05) is 32.5 Å². The van der Waals surface area contributed by atoms with Gasteiger partial charge in [-0.15, -0.1) is 0 Å². The number of benzene rings is 1. The van der Waals surface area contributed by atoms with Gasteiger partial charge in [-0.1, -0.05) is 35.0 Å². The van der Waals surface area contributed by atoms with Crippen molar-refractivity contribution < 1.29 is 14.1 Å². The number of carbonyl (C=O) groups excluding carboxylic acids is 1. The summed E-state index contributed by atoms with van der Waals surface area (Å²) in [5.74, 6) is 1.37. The van der Waals surface area contributed by atoms with Gasteiger partial charge in [-0.3, -0.25) is 4.79 Å². The summed E-state index contributed by atoms with van der Waals surface area (Å²) in [7, 11) is 0. The van der Waals surface area contributed by atoms with E-state index in [0.29, 0.717) is 44.1 Å². The second-order valence-electron chi connectivity index (χ2n) is 7.28. The number of carbonyl (C=O) groups is 1. The van der Waals surface area contributed by atoms with Crippen molar-refractivity contribution in [2.24, 2.45) is 0 Å². The molecule has 4 rings (SSSR count). The lowest BCUT2D eigenvalue weighted by Crippen LogP contribution is -2.37. The van der Waals surface area contributed by atoms with Crippen LogP contribution in [0.2, 0.25) is 0 Å². The van der Waals surface area contributed by atoms with Crippen molar-refractivity contribution in [2.75, 3.05) is 31.2 Å². The highest BCUT2D eigenvalue weighted by Gasteiger charge is 2.21. The highest BCUT2D eigenvalue weighted by molar-refractivity contribution is 5.88. The third-order valence-corrected chi connectivity index (χ3v) is 4.99. The number of anilines is 1. The molecule has 3 aromatic rings. The third-order valence-electron chi connectivity index (χ3n) is 4.99. The molecule has 1 aliphatic heterocycles. The Labute approximate surface area is 169 Å². The molecule has 3 heterocycles. The van der Waals surface area contributed by atoms with E-state index in [4.69, 9.17) is 14.2 Å². The largest absolute Gasteiger partial charge is 0.378 e. The number of aromatic nitrogens is 3. The van der Waals surface area contributed by atoms with Gasteiger partial charge in [-0.2, -0.15) is 4.98 Å². The van der Waals surface area contributed by atoms with Gasteiger partial charge in [0.1, 0.15) is 17.0 Å². The van der Waals surface area contributed by atoms with Crippen molar-refractivity contribution in [1.29, 1.82) is 0 Å². The molecule has 0 spiro atoms. The van der Waals surface area contributed by atoms with E-state index in [2.05, 4.69) is 26.4 Å². The third kappa shape index (κ3) is 4.54. The molecule has 0 unspecified atom stereocenters. The zero-order valence-electron chi connectivity index (χ0n) is 16.8. The lowest BCUT2D eigenvalue weighted by Gasteiger charge is -2.28. The summed E-state index contributed by atoms with van der Waals surface area (Å²) in [5, 5.41) is 7.83. The Morgan fingerprint density at radius 2 is 2.03 bits per heavy atom. The Balaban J connectivity index is 1.44. The number of hydrogen-bond donors (Lipinski definition) is 1. The maximum atomic E-state index is 12.3. The van der Waals surface area contributed by atoms with E-state index in [9.17, 15) is 4.79 Å². The molecule has 0 aliphatic carbocycles. The first-order chi connectivity index (χ1) is 14.1. The molecule has 1 N–H and O–H groups in total. The van der Waals surface area contributed by atoms with Crippen molar-refractivity contribution in [3.8, 4) is 0 Å². The number of nitrogens with one attached hydrogen (secondary N) is 1. The van der Waals surface area contributed by atoms with E-state index < -0.39 is 0 Å². The molecular weight excluding hydrogens is 370 g/mol. The Bertz CT molecular complexity index is 1010. The van der Waals surface area contributed by atoms with Crippen molar-refractivity contribution in [3.05, 3.63) is 46.9 Å². The lowest BCUT2D eigenvalue weighted by atomic mass is 10.1. The van der Waals surface area contributed by atoms with E-state index in [0.717, 1.165) is 35.6 Å². The summed E-state index contributed by atoms with van der Waals surface area (Å²) in [4.78, 5) is 23.7. The summed E-state index contributed by atoms with van der Waals surface area (Å²) in [6, 6.07) is 8.10. The molecule has 1 aromatic carbocycles. The van der Waals surface area contributed by atoms with Crippen LogP contribution in [0.5, 0.6) is 0 Å². The minimum Gasteiger partial charge on any atom is -0.378 e. The molecule has 152 valence electrons. The first-order valence-corrected chi connectivity index (χ1v) is 9.88. The molecule has 1 amide bonds. The van der Waals surface area contributed by atoms with Gasteiger partial charge in [-0.25, -0.2) is 4.98 Å². The van der Waals surface area contributed by atoms with Crippen LogP contribution >= 0.6 is 0 Å². The summed E-state index contributed by atoms with van der Waals surface area (Å²) < 4.78 is 10.8. The van der Waals surface area contributed by atoms with Crippen molar-refractivity contribution in [1.82, 2.24) is 20.4 Å². The van der Waals surface area contributed by atoms with Gasteiger partial charge >= 0.3 is 0 Å². The Kier molecular flexibility index (Phi) is 5.71. The second kappa shape index (κ2) is 8.57. The average Bonchev–Trinajstić information content (AvgIpc) is 3.12. The van der Waals surface area contributed by atoms with E-state index in [1.807, 2.05) is 32.0 Å². The molecule has 29 heavy (non-hydrogen) atoms. The molecule has 8 nitrogen and oxygen atoms in total. The SMILES string of the molecule is Cc1cccc(CNC(=O)CCc2nc(N3CCOCC3)c3c(C)noc3n2)c1. The smallest absolute Gasteiger partial charge is 0.263 e. The van der Waals surface area contributed by atoms with Gasteiger partial charge < -0.3 is 19.5 Å². The molecule has 2 aromatic heterocycles. The number of nitrogens with zero attached hydrogens (tertiary/aromatic N) is 4. The number of fused-ring (bicyclic) bond motifs is 1. The molecule has 0 atom stereocenters. The number of rotatable bonds is 6. The fraction of sp³-hybridized carbons (Fsp3) is 0.429. The Morgan fingerprint density at radius 3 is 2.83 bits per heavy atom. The first-order valence-electron chi connectivity index (χ1n) is 9.88. The Hall–Kier alpha value is -3.00. The number of aryl methyl sites for hydroxylation is 3. The molecule has 1 aliphatic rings. The molecule has 0 saturated carbocycles. The van der Waals surface area contributed by atoms with Crippen LogP contribution in [0.3, 0.4) is 0 Å². The fourth-order valence-electron chi connectivity index (χ4n) is 3.46. The van der Waals surface area contributed by atoms with Crippen LogP contribution in [0.4, 0.5) is 5.82 Å². The van der Waals surface area contributed by atoms with Gasteiger partial charge in [0.25, 0.3) is 5.71 Å². The van der Waals surface area contributed by atoms with Gasteiger partial charge in [0.05, 0.1) is 18.9 Å². The van der Waals surface area contributed by atoms with Gasteiger partial charge in [0.15, 0.2) is 0 Å². The molecule has 0 radical (unpaired) electrons. The van der Waals surface area contributed by atoms with Gasteiger partial charge in [-0.05, 0) is 19.4 Å². The average molecular weight is 395 g/mol. The molecular formula is C21H25N5O3. The van der Waals surface area contributed by atoms with E-state index in [-0.39, 0.29) is 5.91 Å². The van der Waals surface area contributed by atoms with E-state index in [1.165, 1.54) is 5.56 Å². The number of amides is 1. The highest BCUT2D eigenvalue weighted by Crippen LogP contribution is 2.27. The van der Waals surface area contributed by atoms with Crippen LogP contribution in [0.25, 0.3) is 11.1 Å². The standard InChI is InChI=1S/C21H25N5O3/c1-14-4-3-5-16(12-14)13-22-18(27)7-6-17-23-20(26-8-10-28-11-9-26)19-15(2)25-29-21(19)24-17/h3-5,12H,6-11,13H2,1-2H3,(H,22,27). The van der Waals surface area contributed by atoms with E-state index >= 15 is 0 Å². The van der Waals surface area contributed by atoms with E-state index in [1.54, 1.807) is 0 Å². The summed E-state index contributed by atoms with van der Waals surface area (Å²) in [5.41, 5.74) is 3.50. The minimum atomic E-state index is -0.0307. The minimum absolute atomic E-state index is 0.0307. The maximum absolute atomic E-state index is 12.3. The lowest BCUT2D eigenvalue weighted by molar-refractivity contribution is -0.121. The quantitative estimate of drug-likeness (QED) is 0.684. The summed E-state index contributed by atoms with van der Waals surface area (Å²) in [6.07, 6.45) is 0.750. The van der Waals surface area contributed by atoms with Crippen LogP contribution < -0.4 is 10.2 Å². The first kappa shape index (κ1) is 19.3. The Morgan fingerprint density at radius 1 is 1.21 bits per heavy atom. The van der Waals surface area contributed by atoms with Crippen LogP contribution in [0, 0.1) is 13.8 Å². The highest BCUT2D eigenvalue weighted by atomic mass is 16.5. The molecule has 1 fully saturated rings. The van der Waals surface area contributed by atoms with Crippen molar-refractivity contribution >= 4 is 22.8 Å². The summed E-state index contributed by atoms with van der Waals surface area (Å²) >= 11 is 0. The second-order valence-corrected chi connectivity index (χ2v) is 7.28. The monoisotopic (exact) mass is 395 g/mol. The molecule has 8 heteroatoms. The normalized spacial score (nSPS) is 14.3. The van der Waals surface area contributed by atoms with Crippen LogP contribution in [-0.4, -0.2) is 47.3 Å². The maximum Gasteiger partial charge on any atom is 0.263 e. The summed E-state index contributed by atoms with van der Waals surface area (Å²) in [6.45, 7) is 7.27. The molecule has 1 saturated heterocycles. The van der Waals surface area contributed by atoms with Crippen molar-refractivity contribution in [3.63, 3.8) is 0 Å². The number of morpholine rings is 1. The van der Waals surface area contributed by atoms with Gasteiger partial charge in [0.2, 0.25) is 5.91 Å². The molecule has 0 bridgehead atoms. The predicted octanol–water partition coefficient (Wildman–Crippen LogP) is 2.32. The zero-order valence-corrected chi connectivity index (χ0v) is 16.8. The van der Waals surface area contributed by atoms with Crippen LogP contribution in [0.1, 0.15) is 29.1 Å².